The van der Waals surface area contributed by atoms with Crippen LogP contribution in [0.2, 0.25) is 0 Å². The Kier molecular flexibility index (Phi) is 8.72. The van der Waals surface area contributed by atoms with Crippen LogP contribution in [0.15, 0.2) is 0 Å². The van der Waals surface area contributed by atoms with E-state index in [4.69, 9.17) is 4.74 Å². The molecule has 0 aromatic rings. The molecule has 0 aromatic carbocycles. The summed E-state index contributed by atoms with van der Waals surface area (Å²) in [6, 6.07) is 0. The molecule has 17 heavy (non-hydrogen) atoms. The van der Waals surface area contributed by atoms with Crippen LogP contribution >= 0.6 is 0 Å². The van der Waals surface area contributed by atoms with Crippen LogP contribution in [0.4, 0.5) is 0 Å². The zero-order chi connectivity index (χ0) is 12.3. The molecule has 0 aliphatic carbocycles. The van der Waals surface area contributed by atoms with E-state index in [9.17, 15) is 0 Å². The lowest BCUT2D eigenvalue weighted by Gasteiger charge is -2.18. The minimum absolute atomic E-state index is 0.559. The smallest absolute Gasteiger partial charge is 0.0936 e. The molecule has 1 unspecified atom stereocenters. The van der Waals surface area contributed by atoms with Crippen molar-refractivity contribution in [3.63, 3.8) is 0 Å². The van der Waals surface area contributed by atoms with Crippen LogP contribution in [-0.2, 0) is 4.74 Å². The molecule has 0 N–H and O–H groups in total. The van der Waals surface area contributed by atoms with Crippen LogP contribution in [0.1, 0.15) is 65.2 Å². The first-order valence-electron chi connectivity index (χ1n) is 7.70. The van der Waals surface area contributed by atoms with Gasteiger partial charge in [-0.25, -0.2) is 0 Å². The van der Waals surface area contributed by atoms with E-state index >= 15 is 0 Å². The van der Waals surface area contributed by atoms with Gasteiger partial charge in [0.25, 0.3) is 0 Å². The van der Waals surface area contributed by atoms with E-state index in [1.807, 2.05) is 0 Å². The largest absolute Gasteiger partial charge is 0.372 e. The van der Waals surface area contributed by atoms with Gasteiger partial charge in [0, 0.05) is 6.54 Å². The van der Waals surface area contributed by atoms with Gasteiger partial charge in [0.15, 0.2) is 0 Å². The number of ether oxygens (including phenoxy) is 1. The summed E-state index contributed by atoms with van der Waals surface area (Å²) < 4.78 is 5.28. The van der Waals surface area contributed by atoms with Crippen molar-refractivity contribution in [3.05, 3.63) is 0 Å². The summed E-state index contributed by atoms with van der Waals surface area (Å²) in [6.07, 6.45) is 11.9. The van der Waals surface area contributed by atoms with Gasteiger partial charge in [-0.05, 0) is 19.5 Å². The Balaban J connectivity index is 1.81. The molecule has 1 saturated heterocycles. The third kappa shape index (κ3) is 8.62. The van der Waals surface area contributed by atoms with Crippen molar-refractivity contribution >= 4 is 0 Å². The van der Waals surface area contributed by atoms with Gasteiger partial charge in [-0.1, -0.05) is 58.8 Å². The maximum absolute atomic E-state index is 5.28. The Labute approximate surface area is 108 Å². The Morgan fingerprint density at radius 1 is 0.941 bits per heavy atom. The third-order valence-corrected chi connectivity index (χ3v) is 3.64. The van der Waals surface area contributed by atoms with E-state index < -0.39 is 0 Å². The Bertz CT molecular complexity index is 168. The number of nitrogens with zero attached hydrogens (tertiary/aromatic N) is 1. The van der Waals surface area contributed by atoms with Crippen molar-refractivity contribution in [1.29, 1.82) is 0 Å². The summed E-state index contributed by atoms with van der Waals surface area (Å²) in [5.41, 5.74) is 0. The van der Waals surface area contributed by atoms with E-state index in [-0.39, 0.29) is 0 Å². The lowest BCUT2D eigenvalue weighted by Crippen LogP contribution is -2.28. The number of hydrogen-bond donors (Lipinski definition) is 0. The standard InChI is InChI=1S/C15H31NO/c1-3-5-6-7-8-9-10-11-12-16(4-2)13-15-14-17-15/h15H,3-14H2,1-2H3. The molecule has 102 valence electrons. The fourth-order valence-corrected chi connectivity index (χ4v) is 2.31. The Hall–Kier alpha value is -0.0800. The van der Waals surface area contributed by atoms with Crippen LogP contribution in [0, 0.1) is 0 Å². The molecular weight excluding hydrogens is 210 g/mol. The molecule has 1 atom stereocenters. The lowest BCUT2D eigenvalue weighted by atomic mass is 10.1. The van der Waals surface area contributed by atoms with Crippen molar-refractivity contribution in [2.24, 2.45) is 0 Å². The van der Waals surface area contributed by atoms with Crippen LogP contribution in [0.25, 0.3) is 0 Å². The highest BCUT2D eigenvalue weighted by atomic mass is 16.6. The highest BCUT2D eigenvalue weighted by Crippen LogP contribution is 2.12. The van der Waals surface area contributed by atoms with Crippen molar-refractivity contribution in [2.75, 3.05) is 26.2 Å². The van der Waals surface area contributed by atoms with Crippen LogP contribution < -0.4 is 0 Å². The summed E-state index contributed by atoms with van der Waals surface area (Å²) in [6.45, 7) is 9.14. The number of epoxide rings is 1. The summed E-state index contributed by atoms with van der Waals surface area (Å²) in [4.78, 5) is 2.54. The van der Waals surface area contributed by atoms with Crippen molar-refractivity contribution < 1.29 is 4.74 Å². The van der Waals surface area contributed by atoms with Gasteiger partial charge in [-0.2, -0.15) is 0 Å². The zero-order valence-corrected chi connectivity index (χ0v) is 11.9. The molecule has 2 nitrogen and oxygen atoms in total. The molecule has 0 spiro atoms. The minimum atomic E-state index is 0.559. The lowest BCUT2D eigenvalue weighted by molar-refractivity contribution is 0.247. The Morgan fingerprint density at radius 3 is 2.06 bits per heavy atom. The molecule has 2 heteroatoms. The molecule has 1 aliphatic heterocycles. The first kappa shape index (κ1) is 15.0. The average Bonchev–Trinajstić information content (AvgIpc) is 3.15. The predicted molar refractivity (Wildman–Crippen MR) is 74.5 cm³/mol. The normalized spacial score (nSPS) is 18.9. The van der Waals surface area contributed by atoms with Gasteiger partial charge < -0.3 is 9.64 Å². The van der Waals surface area contributed by atoms with Gasteiger partial charge in [-0.3, -0.25) is 0 Å². The molecule has 0 bridgehead atoms. The van der Waals surface area contributed by atoms with E-state index in [1.165, 1.54) is 64.5 Å². The first-order valence-corrected chi connectivity index (χ1v) is 7.70. The van der Waals surface area contributed by atoms with Gasteiger partial charge in [0.2, 0.25) is 0 Å². The number of rotatable bonds is 12. The number of hydrogen-bond acceptors (Lipinski definition) is 2. The maximum Gasteiger partial charge on any atom is 0.0936 e. The monoisotopic (exact) mass is 241 g/mol. The topological polar surface area (TPSA) is 15.8 Å². The van der Waals surface area contributed by atoms with Crippen molar-refractivity contribution in [3.8, 4) is 0 Å². The van der Waals surface area contributed by atoms with Gasteiger partial charge in [-0.15, -0.1) is 0 Å². The first-order chi connectivity index (χ1) is 8.36. The second-order valence-corrected chi connectivity index (χ2v) is 5.32. The van der Waals surface area contributed by atoms with Gasteiger partial charge in [0.1, 0.15) is 0 Å². The SMILES string of the molecule is CCCCCCCCCCN(CC)CC1CO1. The highest BCUT2D eigenvalue weighted by Gasteiger charge is 2.24. The maximum atomic E-state index is 5.28. The molecule has 0 aromatic heterocycles. The molecular formula is C15H31NO. The quantitative estimate of drug-likeness (QED) is 0.381. The molecule has 0 amide bonds. The number of unbranched alkanes of at least 4 members (excludes halogenated alkanes) is 7. The summed E-state index contributed by atoms with van der Waals surface area (Å²) in [5, 5.41) is 0. The highest BCUT2D eigenvalue weighted by molar-refractivity contribution is 4.73. The van der Waals surface area contributed by atoms with E-state index in [1.54, 1.807) is 0 Å². The molecule has 0 saturated carbocycles. The van der Waals surface area contributed by atoms with Crippen molar-refractivity contribution in [2.45, 2.75) is 71.3 Å². The van der Waals surface area contributed by atoms with E-state index in [2.05, 4.69) is 18.7 Å². The summed E-state index contributed by atoms with van der Waals surface area (Å²) >= 11 is 0. The minimum Gasteiger partial charge on any atom is -0.372 e. The van der Waals surface area contributed by atoms with Crippen molar-refractivity contribution in [1.82, 2.24) is 4.90 Å². The van der Waals surface area contributed by atoms with E-state index in [0.717, 1.165) is 13.2 Å². The Morgan fingerprint density at radius 2 is 1.53 bits per heavy atom. The van der Waals surface area contributed by atoms with Gasteiger partial charge >= 0.3 is 0 Å². The van der Waals surface area contributed by atoms with Crippen LogP contribution in [-0.4, -0.2) is 37.2 Å². The average molecular weight is 241 g/mol. The molecule has 1 rings (SSSR count). The van der Waals surface area contributed by atoms with E-state index in [0.29, 0.717) is 6.10 Å². The molecule has 1 aliphatic rings. The summed E-state index contributed by atoms with van der Waals surface area (Å²) in [5.74, 6) is 0. The summed E-state index contributed by atoms with van der Waals surface area (Å²) in [7, 11) is 0. The second-order valence-electron chi connectivity index (χ2n) is 5.32. The number of likely N-dealkylation sites (N-methyl/N-ethyl adjacent to an activating group) is 1. The van der Waals surface area contributed by atoms with Gasteiger partial charge in [0.05, 0.1) is 12.7 Å². The third-order valence-electron chi connectivity index (χ3n) is 3.64. The van der Waals surface area contributed by atoms with Crippen LogP contribution in [0.5, 0.6) is 0 Å². The van der Waals surface area contributed by atoms with Crippen LogP contribution in [0.3, 0.4) is 0 Å². The molecule has 0 radical (unpaired) electrons. The molecule has 1 heterocycles. The second kappa shape index (κ2) is 9.90. The molecule has 1 fully saturated rings. The fourth-order valence-electron chi connectivity index (χ4n) is 2.31. The fraction of sp³-hybridized carbons (Fsp3) is 1.00. The predicted octanol–water partition coefficient (Wildman–Crippen LogP) is 3.85. The zero-order valence-electron chi connectivity index (χ0n) is 11.9.